The number of nitrogens with zero attached hydrogens (tertiary/aromatic N) is 5. The molecule has 0 unspecified atom stereocenters. The van der Waals surface area contributed by atoms with E-state index in [4.69, 9.17) is 4.74 Å². The maximum atomic E-state index is 5.20. The first-order valence-corrected chi connectivity index (χ1v) is 9.93. The lowest BCUT2D eigenvalue weighted by Crippen LogP contribution is -2.47. The fraction of sp³-hybridized carbons (Fsp3) is 0.318. The zero-order valence-electron chi connectivity index (χ0n) is 16.7. The summed E-state index contributed by atoms with van der Waals surface area (Å²) in [5.41, 5.74) is 2.51. The van der Waals surface area contributed by atoms with Gasteiger partial charge in [0.1, 0.15) is 5.75 Å². The third-order valence-corrected chi connectivity index (χ3v) is 5.11. The second-order valence-corrected chi connectivity index (χ2v) is 6.98. The molecule has 2 heterocycles. The maximum Gasteiger partial charge on any atom is 0.247 e. The first kappa shape index (κ1) is 19.0. The average molecular weight is 390 g/mol. The van der Waals surface area contributed by atoms with Gasteiger partial charge in [0.2, 0.25) is 5.95 Å². The number of ether oxygens (including phenoxy) is 1. The van der Waals surface area contributed by atoms with E-state index in [2.05, 4.69) is 66.7 Å². The Hall–Kier alpha value is -3.35. The molecule has 0 bridgehead atoms. The van der Waals surface area contributed by atoms with Gasteiger partial charge in [-0.2, -0.15) is 10.1 Å². The van der Waals surface area contributed by atoms with Crippen LogP contribution in [0.1, 0.15) is 5.56 Å². The molecule has 3 aromatic rings. The van der Waals surface area contributed by atoms with E-state index >= 15 is 0 Å². The molecule has 1 N–H and O–H groups in total. The van der Waals surface area contributed by atoms with Gasteiger partial charge < -0.3 is 19.9 Å². The summed E-state index contributed by atoms with van der Waals surface area (Å²) in [6.45, 7) is 4.44. The van der Waals surface area contributed by atoms with Crippen molar-refractivity contribution in [3.63, 3.8) is 0 Å². The van der Waals surface area contributed by atoms with Crippen molar-refractivity contribution in [2.45, 2.75) is 6.42 Å². The van der Waals surface area contributed by atoms with Gasteiger partial charge in [0.15, 0.2) is 5.82 Å². The van der Waals surface area contributed by atoms with E-state index in [1.54, 1.807) is 13.3 Å². The van der Waals surface area contributed by atoms with E-state index in [0.717, 1.165) is 50.7 Å². The van der Waals surface area contributed by atoms with Crippen molar-refractivity contribution in [2.24, 2.45) is 0 Å². The third-order valence-electron chi connectivity index (χ3n) is 5.11. The lowest BCUT2D eigenvalue weighted by molar-refractivity contribution is 0.414. The van der Waals surface area contributed by atoms with Gasteiger partial charge in [0.25, 0.3) is 0 Å². The smallest absolute Gasteiger partial charge is 0.247 e. The highest BCUT2D eigenvalue weighted by Crippen LogP contribution is 2.18. The van der Waals surface area contributed by atoms with Crippen LogP contribution in [0.3, 0.4) is 0 Å². The summed E-state index contributed by atoms with van der Waals surface area (Å²) in [5.74, 6) is 2.32. The van der Waals surface area contributed by atoms with E-state index in [9.17, 15) is 0 Å². The Bertz CT molecular complexity index is 895. The minimum atomic E-state index is 0.687. The molecule has 1 saturated heterocycles. The van der Waals surface area contributed by atoms with Crippen molar-refractivity contribution in [1.29, 1.82) is 0 Å². The summed E-state index contributed by atoms with van der Waals surface area (Å²) >= 11 is 0. The summed E-state index contributed by atoms with van der Waals surface area (Å²) in [4.78, 5) is 9.24. The van der Waals surface area contributed by atoms with Crippen LogP contribution in [0.15, 0.2) is 60.8 Å². The van der Waals surface area contributed by atoms with Crippen molar-refractivity contribution in [2.75, 3.05) is 55.0 Å². The Morgan fingerprint density at radius 3 is 2.38 bits per heavy atom. The van der Waals surface area contributed by atoms with Gasteiger partial charge in [0.05, 0.1) is 13.3 Å². The van der Waals surface area contributed by atoms with Crippen molar-refractivity contribution in [3.8, 4) is 5.75 Å². The van der Waals surface area contributed by atoms with Crippen LogP contribution in [0.2, 0.25) is 0 Å². The lowest BCUT2D eigenvalue weighted by atomic mass is 10.1. The summed E-state index contributed by atoms with van der Waals surface area (Å²) in [6.07, 6.45) is 2.58. The molecule has 0 aliphatic carbocycles. The molecule has 0 atom stereocenters. The number of hydrogen-bond acceptors (Lipinski definition) is 7. The molecule has 7 nitrogen and oxygen atoms in total. The molecule has 4 rings (SSSR count). The van der Waals surface area contributed by atoms with E-state index < -0.39 is 0 Å². The predicted octanol–water partition coefficient (Wildman–Crippen LogP) is 2.86. The van der Waals surface area contributed by atoms with Gasteiger partial charge >= 0.3 is 0 Å². The highest BCUT2D eigenvalue weighted by molar-refractivity contribution is 5.48. The molecule has 2 aromatic carbocycles. The predicted molar refractivity (Wildman–Crippen MR) is 116 cm³/mol. The molecule has 1 aliphatic heterocycles. The fourth-order valence-electron chi connectivity index (χ4n) is 3.44. The Labute approximate surface area is 171 Å². The molecule has 0 amide bonds. The van der Waals surface area contributed by atoms with Crippen LogP contribution < -0.4 is 19.9 Å². The van der Waals surface area contributed by atoms with Crippen LogP contribution in [-0.2, 0) is 6.42 Å². The Morgan fingerprint density at radius 2 is 1.66 bits per heavy atom. The standard InChI is InChI=1S/C22H26N6O/c1-29-20-9-7-18(8-10-20)11-12-23-21-17-24-26-22(25-21)28-15-13-27(14-16-28)19-5-3-2-4-6-19/h2-10,17H,11-16H2,1H3,(H,23,25,26). The Kier molecular flexibility index (Phi) is 6.04. The molecule has 1 aliphatic rings. The van der Waals surface area contributed by atoms with Gasteiger partial charge in [-0.15, -0.1) is 5.10 Å². The summed E-state index contributed by atoms with van der Waals surface area (Å²) in [6, 6.07) is 18.6. The number of rotatable bonds is 7. The normalized spacial score (nSPS) is 14.0. The van der Waals surface area contributed by atoms with Gasteiger partial charge in [0, 0.05) is 38.4 Å². The fourth-order valence-corrected chi connectivity index (χ4v) is 3.44. The number of aromatic nitrogens is 3. The van der Waals surface area contributed by atoms with Crippen LogP contribution in [-0.4, -0.2) is 55.0 Å². The minimum Gasteiger partial charge on any atom is -0.497 e. The van der Waals surface area contributed by atoms with Gasteiger partial charge in [-0.25, -0.2) is 0 Å². The lowest BCUT2D eigenvalue weighted by Gasteiger charge is -2.35. The number of anilines is 3. The van der Waals surface area contributed by atoms with E-state index in [1.165, 1.54) is 11.3 Å². The Morgan fingerprint density at radius 1 is 0.931 bits per heavy atom. The largest absolute Gasteiger partial charge is 0.497 e. The molecule has 0 spiro atoms. The second kappa shape index (κ2) is 9.23. The first-order valence-electron chi connectivity index (χ1n) is 9.93. The number of para-hydroxylation sites is 1. The van der Waals surface area contributed by atoms with Crippen molar-refractivity contribution < 1.29 is 4.74 Å². The van der Waals surface area contributed by atoms with Crippen molar-refractivity contribution in [3.05, 3.63) is 66.4 Å². The number of nitrogens with one attached hydrogen (secondary N) is 1. The molecular weight excluding hydrogens is 364 g/mol. The van der Waals surface area contributed by atoms with Crippen molar-refractivity contribution in [1.82, 2.24) is 15.2 Å². The third kappa shape index (κ3) is 4.93. The van der Waals surface area contributed by atoms with E-state index in [0.29, 0.717) is 5.95 Å². The van der Waals surface area contributed by atoms with Crippen LogP contribution in [0.5, 0.6) is 5.75 Å². The molecule has 1 aromatic heterocycles. The zero-order valence-corrected chi connectivity index (χ0v) is 16.7. The van der Waals surface area contributed by atoms with Gasteiger partial charge in [-0.3, -0.25) is 0 Å². The highest BCUT2D eigenvalue weighted by Gasteiger charge is 2.19. The number of piperazine rings is 1. The molecule has 29 heavy (non-hydrogen) atoms. The van der Waals surface area contributed by atoms with Crippen LogP contribution in [0.25, 0.3) is 0 Å². The minimum absolute atomic E-state index is 0.687. The monoisotopic (exact) mass is 390 g/mol. The molecular formula is C22H26N6O. The molecule has 150 valence electrons. The topological polar surface area (TPSA) is 66.4 Å². The van der Waals surface area contributed by atoms with E-state index in [1.807, 2.05) is 18.2 Å². The summed E-state index contributed by atoms with van der Waals surface area (Å²) in [7, 11) is 1.68. The van der Waals surface area contributed by atoms with Crippen LogP contribution in [0.4, 0.5) is 17.5 Å². The zero-order chi connectivity index (χ0) is 19.9. The molecule has 0 radical (unpaired) electrons. The van der Waals surface area contributed by atoms with Gasteiger partial charge in [-0.05, 0) is 36.2 Å². The maximum absolute atomic E-state index is 5.20. The number of methoxy groups -OCH3 is 1. The first-order chi connectivity index (χ1) is 14.3. The van der Waals surface area contributed by atoms with Crippen LogP contribution in [0, 0.1) is 0 Å². The Balaban J connectivity index is 1.29. The molecule has 1 fully saturated rings. The molecule has 7 heteroatoms. The van der Waals surface area contributed by atoms with Crippen LogP contribution >= 0.6 is 0 Å². The SMILES string of the molecule is COc1ccc(CCNc2cnnc(N3CCN(c4ccccc4)CC3)n2)cc1. The van der Waals surface area contributed by atoms with Gasteiger partial charge in [-0.1, -0.05) is 30.3 Å². The summed E-state index contributed by atoms with van der Waals surface area (Å²) in [5, 5.41) is 11.7. The quantitative estimate of drug-likeness (QED) is 0.665. The number of benzene rings is 2. The average Bonchev–Trinajstić information content (AvgIpc) is 2.80. The highest BCUT2D eigenvalue weighted by atomic mass is 16.5. The second-order valence-electron chi connectivity index (χ2n) is 6.98. The van der Waals surface area contributed by atoms with E-state index in [-0.39, 0.29) is 0 Å². The summed E-state index contributed by atoms with van der Waals surface area (Å²) < 4.78 is 5.20. The van der Waals surface area contributed by atoms with Crippen molar-refractivity contribution >= 4 is 17.5 Å². The molecule has 0 saturated carbocycles. The number of hydrogen-bond donors (Lipinski definition) is 1.